The number of fused-ring (bicyclic) bond motifs is 1. The highest BCUT2D eigenvalue weighted by molar-refractivity contribution is 6.31. The third-order valence-electron chi connectivity index (χ3n) is 8.22. The van der Waals surface area contributed by atoms with E-state index in [9.17, 15) is 13.2 Å². The molecular weight excluding hydrogens is 620 g/mol. The molecule has 0 atom stereocenters. The Balaban J connectivity index is 0.00000212. The summed E-state index contributed by atoms with van der Waals surface area (Å²) in [6, 6.07) is 21.3. The molecule has 5 nitrogen and oxygen atoms in total. The molecule has 232 valence electrons. The number of piperidine rings is 1. The van der Waals surface area contributed by atoms with Crippen LogP contribution in [0.25, 0.3) is 22.0 Å². The first-order valence-corrected chi connectivity index (χ1v) is 14.6. The van der Waals surface area contributed by atoms with Crippen molar-refractivity contribution in [3.63, 3.8) is 0 Å². The number of alkyl halides is 3. The highest BCUT2D eigenvalue weighted by Gasteiger charge is 2.31. The topological polar surface area (TPSA) is 32.7 Å². The number of rotatable bonds is 7. The van der Waals surface area contributed by atoms with Crippen molar-refractivity contribution in [1.29, 1.82) is 0 Å². The van der Waals surface area contributed by atoms with Gasteiger partial charge in [0.05, 0.1) is 0 Å². The summed E-state index contributed by atoms with van der Waals surface area (Å²) in [4.78, 5) is 4.93. The molecule has 4 aromatic rings. The van der Waals surface area contributed by atoms with Crippen LogP contribution in [0.2, 0.25) is 5.02 Å². The maximum atomic E-state index is 12.7. The maximum Gasteiger partial charge on any atom is 0.573 e. The van der Waals surface area contributed by atoms with Crippen LogP contribution >= 0.6 is 36.4 Å². The third kappa shape index (κ3) is 8.18. The van der Waals surface area contributed by atoms with Crippen LogP contribution in [0.1, 0.15) is 30.0 Å². The summed E-state index contributed by atoms with van der Waals surface area (Å²) < 4.78 is 44.6. The van der Waals surface area contributed by atoms with Crippen molar-refractivity contribution in [3.8, 4) is 16.9 Å². The third-order valence-corrected chi connectivity index (χ3v) is 8.59. The zero-order valence-corrected chi connectivity index (χ0v) is 26.0. The van der Waals surface area contributed by atoms with Crippen LogP contribution in [-0.2, 0) is 13.1 Å². The average molecular weight is 656 g/mol. The number of piperazine rings is 1. The number of ether oxygens (including phenoxy) is 1. The predicted octanol–water partition coefficient (Wildman–Crippen LogP) is 7.95. The molecule has 0 unspecified atom stereocenters. The molecule has 0 bridgehead atoms. The molecule has 1 N–H and O–H groups in total. The van der Waals surface area contributed by atoms with Gasteiger partial charge in [-0.2, -0.15) is 0 Å². The minimum absolute atomic E-state index is 0. The molecule has 6 rings (SSSR count). The van der Waals surface area contributed by atoms with Gasteiger partial charge in [-0.15, -0.1) is 38.0 Å². The molecule has 3 heterocycles. The van der Waals surface area contributed by atoms with Crippen LogP contribution in [-0.4, -0.2) is 60.0 Å². The molecular formula is C32H36Cl3F3N4O. The molecule has 1 aromatic heterocycles. The van der Waals surface area contributed by atoms with Crippen molar-refractivity contribution >= 4 is 47.3 Å². The number of hydrogen-bond donors (Lipinski definition) is 1. The second-order valence-corrected chi connectivity index (χ2v) is 11.4. The standard InChI is InChI=1S/C32H34ClF3N4O.2ClH/c33-30-4-2-1-3-25(30)21-39-17-15-38(16-18-39)20-23-5-10-31-28(19-23)29(22-40(31)26-11-13-37-14-12-26)24-6-8-27(9-7-24)41-32(34,35)36;;/h1-10,19,22,26,37H,11-18,20-21H2;2*1H. The summed E-state index contributed by atoms with van der Waals surface area (Å²) in [6.45, 7) is 7.59. The highest BCUT2D eigenvalue weighted by Crippen LogP contribution is 2.36. The second-order valence-electron chi connectivity index (χ2n) is 11.0. The number of halogens is 6. The average Bonchev–Trinajstić information content (AvgIpc) is 3.34. The number of nitrogens with one attached hydrogen (secondary N) is 1. The van der Waals surface area contributed by atoms with Gasteiger partial charge in [-0.3, -0.25) is 9.80 Å². The molecule has 0 radical (unpaired) electrons. The van der Waals surface area contributed by atoms with Gasteiger partial charge in [0.15, 0.2) is 0 Å². The summed E-state index contributed by atoms with van der Waals surface area (Å²) in [5.74, 6) is -0.210. The van der Waals surface area contributed by atoms with E-state index in [1.165, 1.54) is 17.7 Å². The Hall–Kier alpha value is -2.46. The number of hydrogen-bond acceptors (Lipinski definition) is 4. The van der Waals surface area contributed by atoms with Crippen molar-refractivity contribution in [1.82, 2.24) is 19.7 Å². The highest BCUT2D eigenvalue weighted by atomic mass is 35.5. The summed E-state index contributed by atoms with van der Waals surface area (Å²) in [6.07, 6.45) is -0.442. The summed E-state index contributed by atoms with van der Waals surface area (Å²) >= 11 is 6.38. The zero-order valence-electron chi connectivity index (χ0n) is 23.7. The van der Waals surface area contributed by atoms with Crippen molar-refractivity contribution in [2.75, 3.05) is 39.3 Å². The van der Waals surface area contributed by atoms with E-state index in [1.807, 2.05) is 18.2 Å². The zero-order chi connectivity index (χ0) is 28.4. The van der Waals surface area contributed by atoms with Gasteiger partial charge in [-0.1, -0.05) is 48.0 Å². The summed E-state index contributed by atoms with van der Waals surface area (Å²) in [7, 11) is 0. The van der Waals surface area contributed by atoms with E-state index >= 15 is 0 Å². The summed E-state index contributed by atoms with van der Waals surface area (Å²) in [5.41, 5.74) is 5.47. The number of aromatic nitrogens is 1. The maximum absolute atomic E-state index is 12.7. The Morgan fingerprint density at radius 1 is 0.837 bits per heavy atom. The van der Waals surface area contributed by atoms with Crippen molar-refractivity contribution < 1.29 is 17.9 Å². The first-order chi connectivity index (χ1) is 19.8. The van der Waals surface area contributed by atoms with Crippen molar-refractivity contribution in [2.45, 2.75) is 38.3 Å². The predicted molar refractivity (Wildman–Crippen MR) is 172 cm³/mol. The number of nitrogens with zero attached hydrogens (tertiary/aromatic N) is 3. The van der Waals surface area contributed by atoms with Crippen LogP contribution < -0.4 is 10.1 Å². The van der Waals surface area contributed by atoms with Crippen LogP contribution in [0.5, 0.6) is 5.75 Å². The number of benzene rings is 3. The Bertz CT molecular complexity index is 1480. The normalized spacial score (nSPS) is 16.9. The molecule has 11 heteroatoms. The van der Waals surface area contributed by atoms with Gasteiger partial charge < -0.3 is 14.6 Å². The Kier molecular flexibility index (Phi) is 11.3. The van der Waals surface area contributed by atoms with E-state index in [1.54, 1.807) is 12.1 Å². The lowest BCUT2D eigenvalue weighted by molar-refractivity contribution is -0.274. The molecule has 0 aliphatic carbocycles. The van der Waals surface area contributed by atoms with Crippen molar-refractivity contribution in [2.24, 2.45) is 0 Å². The minimum Gasteiger partial charge on any atom is -0.406 e. The van der Waals surface area contributed by atoms with Gasteiger partial charge in [0.2, 0.25) is 0 Å². The molecule has 2 saturated heterocycles. The lowest BCUT2D eigenvalue weighted by Crippen LogP contribution is -2.45. The Labute approximate surface area is 267 Å². The molecule has 2 aliphatic heterocycles. The van der Waals surface area contributed by atoms with Gasteiger partial charge >= 0.3 is 6.36 Å². The fourth-order valence-electron chi connectivity index (χ4n) is 6.09. The molecule has 0 spiro atoms. The fraction of sp³-hybridized carbons (Fsp3) is 0.375. The molecule has 0 saturated carbocycles. The van der Waals surface area contributed by atoms with Gasteiger partial charge in [0, 0.05) is 73.0 Å². The monoisotopic (exact) mass is 654 g/mol. The lowest BCUT2D eigenvalue weighted by atomic mass is 10.0. The van der Waals surface area contributed by atoms with E-state index in [0.29, 0.717) is 6.04 Å². The first kappa shape index (κ1) is 33.4. The Morgan fingerprint density at radius 2 is 1.49 bits per heavy atom. The first-order valence-electron chi connectivity index (χ1n) is 14.2. The lowest BCUT2D eigenvalue weighted by Gasteiger charge is -2.35. The van der Waals surface area contributed by atoms with Crippen LogP contribution in [0, 0.1) is 0 Å². The van der Waals surface area contributed by atoms with E-state index in [2.05, 4.69) is 54.9 Å². The van der Waals surface area contributed by atoms with E-state index in [0.717, 1.165) is 97.8 Å². The largest absolute Gasteiger partial charge is 0.573 e. The van der Waals surface area contributed by atoms with Crippen LogP contribution in [0.15, 0.2) is 72.9 Å². The van der Waals surface area contributed by atoms with Crippen LogP contribution in [0.3, 0.4) is 0 Å². The smallest absolute Gasteiger partial charge is 0.406 e. The molecule has 0 amide bonds. The van der Waals surface area contributed by atoms with Gasteiger partial charge in [-0.05, 0) is 73.0 Å². The van der Waals surface area contributed by atoms with Crippen molar-refractivity contribution in [3.05, 3.63) is 89.1 Å². The van der Waals surface area contributed by atoms with Gasteiger partial charge in [-0.25, -0.2) is 0 Å². The van der Waals surface area contributed by atoms with Gasteiger partial charge in [0.25, 0.3) is 0 Å². The van der Waals surface area contributed by atoms with Gasteiger partial charge in [0.1, 0.15) is 5.75 Å². The quantitative estimate of drug-likeness (QED) is 0.219. The van der Waals surface area contributed by atoms with E-state index in [-0.39, 0.29) is 30.6 Å². The van der Waals surface area contributed by atoms with E-state index < -0.39 is 6.36 Å². The summed E-state index contributed by atoms with van der Waals surface area (Å²) in [5, 5.41) is 5.38. The molecule has 43 heavy (non-hydrogen) atoms. The van der Waals surface area contributed by atoms with Crippen LogP contribution in [0.4, 0.5) is 13.2 Å². The fourth-order valence-corrected chi connectivity index (χ4v) is 6.28. The van der Waals surface area contributed by atoms with E-state index in [4.69, 9.17) is 11.6 Å². The Morgan fingerprint density at radius 3 is 2.14 bits per heavy atom. The second kappa shape index (κ2) is 14.5. The molecule has 3 aromatic carbocycles. The molecule has 2 fully saturated rings. The minimum atomic E-state index is -4.71. The molecule has 2 aliphatic rings. The SMILES string of the molecule is Cl.Cl.FC(F)(F)Oc1ccc(-c2cn(C3CCNCC3)c3ccc(CN4CCN(Cc5ccccc5Cl)CC4)cc23)cc1.